The van der Waals surface area contributed by atoms with Gasteiger partial charge in [-0.05, 0) is 19.8 Å². The topological polar surface area (TPSA) is 75.9 Å². The fourth-order valence-electron chi connectivity index (χ4n) is 2.62. The lowest BCUT2D eigenvalue weighted by Gasteiger charge is -2.33. The summed E-state index contributed by atoms with van der Waals surface area (Å²) in [6.07, 6.45) is 5.13. The second kappa shape index (κ2) is 6.13. The first kappa shape index (κ1) is 14.5. The molecule has 0 spiro atoms. The third-order valence-electron chi connectivity index (χ3n) is 3.94. The van der Waals surface area contributed by atoms with Crippen molar-refractivity contribution in [2.24, 2.45) is 7.05 Å². The number of hydrogen-bond donors (Lipinski definition) is 1. The van der Waals surface area contributed by atoms with Gasteiger partial charge in [0.05, 0.1) is 6.33 Å². The van der Waals surface area contributed by atoms with Crippen LogP contribution in [0.15, 0.2) is 29.6 Å². The molecule has 0 radical (unpaired) electrons. The van der Waals surface area contributed by atoms with Gasteiger partial charge in [-0.1, -0.05) is 0 Å². The minimum absolute atomic E-state index is 0.0262. The summed E-state index contributed by atoms with van der Waals surface area (Å²) in [6.45, 7) is 3.71. The van der Waals surface area contributed by atoms with E-state index in [9.17, 15) is 4.79 Å². The molecule has 0 aliphatic carbocycles. The Morgan fingerprint density at radius 3 is 2.64 bits per heavy atom. The lowest BCUT2D eigenvalue weighted by Crippen LogP contribution is -2.40. The van der Waals surface area contributed by atoms with Gasteiger partial charge in [-0.25, -0.2) is 15.0 Å². The number of rotatable bonds is 3. The van der Waals surface area contributed by atoms with Crippen molar-refractivity contribution in [1.29, 1.82) is 0 Å². The monoisotopic (exact) mass is 300 g/mol. The Morgan fingerprint density at radius 2 is 1.95 bits per heavy atom. The number of hydrogen-bond acceptors (Lipinski definition) is 6. The van der Waals surface area contributed by atoms with Gasteiger partial charge in [0.1, 0.15) is 18.0 Å². The van der Waals surface area contributed by atoms with Crippen LogP contribution in [-0.2, 0) is 7.05 Å². The molecular weight excluding hydrogens is 280 g/mol. The fourth-order valence-corrected chi connectivity index (χ4v) is 2.62. The minimum atomic E-state index is -0.0262. The Labute approximate surface area is 129 Å². The standard InChI is InChI=1S/C15H20N6O/c1-11-7-13(17-9-16-11)19-12-3-5-21(6-4-12)14-8-15(22)20(2)10-18-14/h7-10,12H,3-6H2,1-2H3,(H,16,17,19). The molecule has 0 amide bonds. The summed E-state index contributed by atoms with van der Waals surface area (Å²) in [6, 6.07) is 3.94. The van der Waals surface area contributed by atoms with Gasteiger partial charge in [0.25, 0.3) is 5.56 Å². The van der Waals surface area contributed by atoms with E-state index in [4.69, 9.17) is 0 Å². The van der Waals surface area contributed by atoms with Crippen molar-refractivity contribution < 1.29 is 0 Å². The van der Waals surface area contributed by atoms with E-state index in [1.54, 1.807) is 25.8 Å². The van der Waals surface area contributed by atoms with Gasteiger partial charge >= 0.3 is 0 Å². The zero-order chi connectivity index (χ0) is 15.5. The van der Waals surface area contributed by atoms with E-state index in [-0.39, 0.29) is 5.56 Å². The summed E-state index contributed by atoms with van der Waals surface area (Å²) in [5.74, 6) is 1.64. The van der Waals surface area contributed by atoms with Crippen molar-refractivity contribution in [2.75, 3.05) is 23.3 Å². The lowest BCUT2D eigenvalue weighted by molar-refractivity contribution is 0.521. The second-order valence-electron chi connectivity index (χ2n) is 5.65. The molecule has 116 valence electrons. The number of aryl methyl sites for hydroxylation is 2. The zero-order valence-electron chi connectivity index (χ0n) is 12.9. The Morgan fingerprint density at radius 1 is 1.18 bits per heavy atom. The first-order chi connectivity index (χ1) is 10.6. The zero-order valence-corrected chi connectivity index (χ0v) is 12.9. The molecule has 0 bridgehead atoms. The molecule has 7 heteroatoms. The van der Waals surface area contributed by atoms with Gasteiger partial charge < -0.3 is 14.8 Å². The van der Waals surface area contributed by atoms with Crippen molar-refractivity contribution in [1.82, 2.24) is 19.5 Å². The van der Waals surface area contributed by atoms with Gasteiger partial charge in [-0.2, -0.15) is 0 Å². The van der Waals surface area contributed by atoms with Crippen molar-refractivity contribution in [3.05, 3.63) is 40.8 Å². The Kier molecular flexibility index (Phi) is 4.04. The first-order valence-electron chi connectivity index (χ1n) is 7.44. The summed E-state index contributed by atoms with van der Waals surface area (Å²) in [5, 5.41) is 3.45. The Balaban J connectivity index is 1.60. The maximum Gasteiger partial charge on any atom is 0.255 e. The molecule has 0 unspecified atom stereocenters. The largest absolute Gasteiger partial charge is 0.367 e. The second-order valence-corrected chi connectivity index (χ2v) is 5.65. The van der Waals surface area contributed by atoms with Crippen LogP contribution in [0.4, 0.5) is 11.6 Å². The van der Waals surface area contributed by atoms with Crippen LogP contribution in [0.5, 0.6) is 0 Å². The molecule has 22 heavy (non-hydrogen) atoms. The molecule has 2 aromatic heterocycles. The van der Waals surface area contributed by atoms with Crippen molar-refractivity contribution in [2.45, 2.75) is 25.8 Å². The SMILES string of the molecule is Cc1cc(NC2CCN(c3cc(=O)n(C)cn3)CC2)ncn1. The third-order valence-corrected chi connectivity index (χ3v) is 3.94. The van der Waals surface area contributed by atoms with Crippen LogP contribution in [-0.4, -0.2) is 38.7 Å². The highest BCUT2D eigenvalue weighted by Crippen LogP contribution is 2.18. The van der Waals surface area contributed by atoms with Crippen LogP contribution in [0.2, 0.25) is 0 Å². The number of nitrogens with zero attached hydrogens (tertiary/aromatic N) is 5. The Hall–Kier alpha value is -2.44. The summed E-state index contributed by atoms with van der Waals surface area (Å²) in [4.78, 5) is 26.5. The van der Waals surface area contributed by atoms with Gasteiger partial charge in [0, 0.05) is 44.0 Å². The van der Waals surface area contributed by atoms with Gasteiger partial charge in [-0.15, -0.1) is 0 Å². The predicted molar refractivity (Wildman–Crippen MR) is 85.1 cm³/mol. The summed E-state index contributed by atoms with van der Waals surface area (Å²) in [7, 11) is 1.71. The quantitative estimate of drug-likeness (QED) is 0.910. The molecule has 0 saturated carbocycles. The first-order valence-corrected chi connectivity index (χ1v) is 7.44. The number of nitrogens with one attached hydrogen (secondary N) is 1. The number of piperidine rings is 1. The van der Waals surface area contributed by atoms with Crippen LogP contribution in [0.3, 0.4) is 0 Å². The average molecular weight is 300 g/mol. The van der Waals surface area contributed by atoms with Gasteiger partial charge in [-0.3, -0.25) is 4.79 Å². The van der Waals surface area contributed by atoms with Crippen molar-refractivity contribution >= 4 is 11.6 Å². The van der Waals surface area contributed by atoms with E-state index in [1.807, 2.05) is 13.0 Å². The molecule has 0 aromatic carbocycles. The Bertz CT molecular complexity index is 705. The van der Waals surface area contributed by atoms with Crippen LogP contribution in [0.1, 0.15) is 18.5 Å². The normalized spacial score (nSPS) is 15.8. The van der Waals surface area contributed by atoms with E-state index in [0.29, 0.717) is 6.04 Å². The summed E-state index contributed by atoms with van der Waals surface area (Å²) in [5.41, 5.74) is 0.931. The smallest absolute Gasteiger partial charge is 0.255 e. The number of anilines is 2. The molecule has 1 saturated heterocycles. The fraction of sp³-hybridized carbons (Fsp3) is 0.467. The van der Waals surface area contributed by atoms with Crippen LogP contribution >= 0.6 is 0 Å². The van der Waals surface area contributed by atoms with E-state index >= 15 is 0 Å². The molecule has 1 N–H and O–H groups in total. The van der Waals surface area contributed by atoms with Gasteiger partial charge in [0.2, 0.25) is 0 Å². The molecule has 1 fully saturated rings. The molecule has 1 aliphatic heterocycles. The minimum Gasteiger partial charge on any atom is -0.367 e. The van der Waals surface area contributed by atoms with Crippen molar-refractivity contribution in [3.8, 4) is 0 Å². The highest BCUT2D eigenvalue weighted by Gasteiger charge is 2.20. The number of aromatic nitrogens is 4. The van der Waals surface area contributed by atoms with E-state index < -0.39 is 0 Å². The predicted octanol–water partition coefficient (Wildman–Crippen LogP) is 0.960. The molecule has 3 heterocycles. The van der Waals surface area contributed by atoms with Crippen LogP contribution in [0, 0.1) is 6.92 Å². The maximum atomic E-state index is 11.7. The molecule has 2 aromatic rings. The highest BCUT2D eigenvalue weighted by molar-refractivity contribution is 5.39. The lowest BCUT2D eigenvalue weighted by atomic mass is 10.1. The average Bonchev–Trinajstić information content (AvgIpc) is 2.51. The van der Waals surface area contributed by atoms with Crippen LogP contribution < -0.4 is 15.8 Å². The van der Waals surface area contributed by atoms with Gasteiger partial charge in [0.15, 0.2) is 0 Å². The van der Waals surface area contributed by atoms with E-state index in [0.717, 1.165) is 43.3 Å². The summed E-state index contributed by atoms with van der Waals surface area (Å²) >= 11 is 0. The van der Waals surface area contributed by atoms with E-state index in [1.165, 1.54) is 4.57 Å². The molecule has 3 rings (SSSR count). The van der Waals surface area contributed by atoms with Crippen molar-refractivity contribution in [3.63, 3.8) is 0 Å². The molecule has 7 nitrogen and oxygen atoms in total. The molecule has 1 aliphatic rings. The molecule has 0 atom stereocenters. The highest BCUT2D eigenvalue weighted by atomic mass is 16.1. The third kappa shape index (κ3) is 3.24. The van der Waals surface area contributed by atoms with Crippen LogP contribution in [0.25, 0.3) is 0 Å². The van der Waals surface area contributed by atoms with E-state index in [2.05, 4.69) is 25.2 Å². The summed E-state index contributed by atoms with van der Waals surface area (Å²) < 4.78 is 1.48. The molecular formula is C15H20N6O. The maximum absolute atomic E-state index is 11.7.